The molecule has 1 saturated heterocycles. The molecule has 0 spiro atoms. The zero-order chi connectivity index (χ0) is 26.5. The number of primary amides is 1. The number of anilines is 1. The van der Waals surface area contributed by atoms with Crippen molar-refractivity contribution >= 4 is 58.4 Å². The minimum Gasteiger partial charge on any atom is -0.366 e. The standard InChI is InChI=1S/C28H23Cl2N3O3S/c1-2-18-6-3-4-9-21(18)28-33(20-8-5-7-19(15-20)26(31)35)27(36)24(37-28)16-25(34)32-13-12-17-10-11-22(29)23(30)14-17/h1,3-11,14-15,24,28H,12-13,16H2,(H2,31,35)(H,32,34). The molecule has 37 heavy (non-hydrogen) atoms. The van der Waals surface area contributed by atoms with E-state index >= 15 is 0 Å². The number of nitrogens with two attached hydrogens (primary N) is 1. The SMILES string of the molecule is C#Cc1ccccc1C1SC(CC(=O)NCCc2ccc(Cl)c(Cl)c2)C(=O)N1c1cccc(C(N)=O)c1. The van der Waals surface area contributed by atoms with Gasteiger partial charge in [0.05, 0.1) is 15.3 Å². The highest BCUT2D eigenvalue weighted by molar-refractivity contribution is 8.01. The Morgan fingerprint density at radius 2 is 1.84 bits per heavy atom. The second-order valence-corrected chi connectivity index (χ2v) is 10.5. The maximum Gasteiger partial charge on any atom is 0.248 e. The van der Waals surface area contributed by atoms with E-state index in [1.54, 1.807) is 47.4 Å². The molecule has 9 heteroatoms. The van der Waals surface area contributed by atoms with Crippen LogP contribution in [0.1, 0.15) is 38.8 Å². The number of carbonyl (C=O) groups is 3. The molecule has 2 unspecified atom stereocenters. The van der Waals surface area contributed by atoms with Crippen molar-refractivity contribution in [3.63, 3.8) is 0 Å². The highest BCUT2D eigenvalue weighted by atomic mass is 35.5. The summed E-state index contributed by atoms with van der Waals surface area (Å²) in [5.74, 6) is 1.58. The van der Waals surface area contributed by atoms with Crippen LogP contribution >= 0.6 is 35.0 Å². The molecule has 2 atom stereocenters. The van der Waals surface area contributed by atoms with Crippen molar-refractivity contribution in [2.24, 2.45) is 5.73 Å². The van der Waals surface area contributed by atoms with E-state index < -0.39 is 16.5 Å². The summed E-state index contributed by atoms with van der Waals surface area (Å²) in [6.45, 7) is 0.385. The Bertz CT molecular complexity index is 1410. The number of thioether (sulfide) groups is 1. The molecule has 3 amide bonds. The fourth-order valence-corrected chi connectivity index (χ4v) is 5.90. The van der Waals surface area contributed by atoms with Gasteiger partial charge in [0.2, 0.25) is 17.7 Å². The van der Waals surface area contributed by atoms with Crippen molar-refractivity contribution in [2.45, 2.75) is 23.5 Å². The first kappa shape index (κ1) is 26.6. The van der Waals surface area contributed by atoms with E-state index in [4.69, 9.17) is 35.4 Å². The molecule has 0 bridgehead atoms. The quantitative estimate of drug-likeness (QED) is 0.386. The first-order chi connectivity index (χ1) is 17.8. The van der Waals surface area contributed by atoms with Gasteiger partial charge in [0, 0.05) is 35.3 Å². The molecule has 1 fully saturated rings. The van der Waals surface area contributed by atoms with Crippen LogP contribution < -0.4 is 16.0 Å². The molecule has 0 radical (unpaired) electrons. The number of nitrogens with one attached hydrogen (secondary N) is 1. The highest BCUT2D eigenvalue weighted by Gasteiger charge is 2.43. The normalized spacial score (nSPS) is 16.9. The fraction of sp³-hybridized carbons (Fsp3) is 0.179. The third-order valence-electron chi connectivity index (χ3n) is 5.92. The van der Waals surface area contributed by atoms with Crippen LogP contribution in [0.2, 0.25) is 10.0 Å². The molecule has 0 aromatic heterocycles. The molecule has 1 aliphatic rings. The number of benzene rings is 3. The van der Waals surface area contributed by atoms with Crippen LogP contribution in [0.5, 0.6) is 0 Å². The molecular weight excluding hydrogens is 529 g/mol. The van der Waals surface area contributed by atoms with Gasteiger partial charge in [0.1, 0.15) is 5.37 Å². The Balaban J connectivity index is 1.52. The summed E-state index contributed by atoms with van der Waals surface area (Å²) in [6.07, 6.45) is 6.29. The predicted molar refractivity (Wildman–Crippen MR) is 149 cm³/mol. The van der Waals surface area contributed by atoms with Crippen molar-refractivity contribution in [3.05, 3.63) is 99.0 Å². The van der Waals surface area contributed by atoms with Crippen molar-refractivity contribution < 1.29 is 14.4 Å². The monoisotopic (exact) mass is 551 g/mol. The van der Waals surface area contributed by atoms with Gasteiger partial charge in [-0.15, -0.1) is 18.2 Å². The molecule has 1 heterocycles. The van der Waals surface area contributed by atoms with Gasteiger partial charge >= 0.3 is 0 Å². The van der Waals surface area contributed by atoms with E-state index in [1.807, 2.05) is 24.3 Å². The van der Waals surface area contributed by atoms with E-state index in [1.165, 1.54) is 11.8 Å². The van der Waals surface area contributed by atoms with Crippen molar-refractivity contribution in [1.82, 2.24) is 5.32 Å². The maximum atomic E-state index is 13.6. The van der Waals surface area contributed by atoms with Crippen LogP contribution in [0.4, 0.5) is 5.69 Å². The molecule has 6 nitrogen and oxygen atoms in total. The smallest absolute Gasteiger partial charge is 0.248 e. The van der Waals surface area contributed by atoms with E-state index in [0.29, 0.717) is 34.3 Å². The Morgan fingerprint density at radius 1 is 1.05 bits per heavy atom. The van der Waals surface area contributed by atoms with Gasteiger partial charge in [-0.05, 0) is 48.4 Å². The number of hydrogen-bond acceptors (Lipinski definition) is 4. The molecule has 4 rings (SSSR count). The summed E-state index contributed by atoms with van der Waals surface area (Å²) in [6, 6.07) is 19.2. The van der Waals surface area contributed by atoms with Crippen LogP contribution in [0.25, 0.3) is 0 Å². The Hall–Kier alpha value is -3.44. The van der Waals surface area contributed by atoms with Crippen LogP contribution in [-0.2, 0) is 16.0 Å². The topological polar surface area (TPSA) is 92.5 Å². The number of hydrogen-bond donors (Lipinski definition) is 2. The summed E-state index contributed by atoms with van der Waals surface area (Å²) in [4.78, 5) is 39.7. The zero-order valence-electron chi connectivity index (χ0n) is 19.6. The second kappa shape index (κ2) is 11.7. The second-order valence-electron chi connectivity index (χ2n) is 8.38. The van der Waals surface area contributed by atoms with E-state index in [-0.39, 0.29) is 23.8 Å². The first-order valence-corrected chi connectivity index (χ1v) is 13.1. The van der Waals surface area contributed by atoms with Gasteiger partial charge in [-0.1, -0.05) is 59.5 Å². The van der Waals surface area contributed by atoms with E-state index in [9.17, 15) is 14.4 Å². The highest BCUT2D eigenvalue weighted by Crippen LogP contribution is 2.47. The molecule has 0 saturated carbocycles. The Labute approximate surface area is 229 Å². The minimum atomic E-state index is -0.641. The molecule has 3 aromatic rings. The van der Waals surface area contributed by atoms with Gasteiger partial charge in [0.15, 0.2) is 0 Å². The number of nitrogens with zero attached hydrogens (tertiary/aromatic N) is 1. The number of carbonyl (C=O) groups excluding carboxylic acids is 3. The summed E-state index contributed by atoms with van der Waals surface area (Å²) in [5, 5.41) is 2.69. The third-order valence-corrected chi connectivity index (χ3v) is 8.08. The Morgan fingerprint density at radius 3 is 2.57 bits per heavy atom. The van der Waals surface area contributed by atoms with Crippen LogP contribution in [0, 0.1) is 12.3 Å². The van der Waals surface area contributed by atoms with Crippen molar-refractivity contribution in [1.29, 1.82) is 0 Å². The van der Waals surface area contributed by atoms with Gasteiger partial charge < -0.3 is 11.1 Å². The zero-order valence-corrected chi connectivity index (χ0v) is 21.9. The lowest BCUT2D eigenvalue weighted by Gasteiger charge is -2.25. The molecular formula is C28H23Cl2N3O3S. The third kappa shape index (κ3) is 6.11. The lowest BCUT2D eigenvalue weighted by Crippen LogP contribution is -2.35. The molecule has 3 aromatic carbocycles. The molecule has 1 aliphatic heterocycles. The average molecular weight is 552 g/mol. The van der Waals surface area contributed by atoms with Crippen molar-refractivity contribution in [2.75, 3.05) is 11.4 Å². The first-order valence-electron chi connectivity index (χ1n) is 11.4. The average Bonchev–Trinajstić information content (AvgIpc) is 3.21. The lowest BCUT2D eigenvalue weighted by molar-refractivity contribution is -0.124. The van der Waals surface area contributed by atoms with E-state index in [2.05, 4.69) is 11.2 Å². The summed E-state index contributed by atoms with van der Waals surface area (Å²) in [5.41, 5.74) is 8.61. The molecule has 0 aliphatic carbocycles. The number of rotatable bonds is 8. The Kier molecular flexibility index (Phi) is 8.45. The van der Waals surface area contributed by atoms with E-state index in [0.717, 1.165) is 11.1 Å². The largest absolute Gasteiger partial charge is 0.366 e. The number of halogens is 2. The maximum absolute atomic E-state index is 13.6. The van der Waals surface area contributed by atoms with Crippen molar-refractivity contribution in [3.8, 4) is 12.3 Å². The minimum absolute atomic E-state index is 0.00833. The number of terminal acetylenes is 1. The van der Waals surface area contributed by atoms with Gasteiger partial charge in [-0.25, -0.2) is 0 Å². The van der Waals surface area contributed by atoms with Gasteiger partial charge in [-0.2, -0.15) is 0 Å². The van der Waals surface area contributed by atoms with Gasteiger partial charge in [-0.3, -0.25) is 19.3 Å². The summed E-state index contributed by atoms with van der Waals surface area (Å²) < 4.78 is 0. The fourth-order valence-electron chi connectivity index (χ4n) is 4.09. The summed E-state index contributed by atoms with van der Waals surface area (Å²) in [7, 11) is 0. The number of amides is 3. The predicted octanol–water partition coefficient (Wildman–Crippen LogP) is 4.97. The molecule has 188 valence electrons. The lowest BCUT2D eigenvalue weighted by atomic mass is 10.1. The van der Waals surface area contributed by atoms with Crippen LogP contribution in [-0.4, -0.2) is 29.5 Å². The van der Waals surface area contributed by atoms with Gasteiger partial charge in [0.25, 0.3) is 0 Å². The summed E-state index contributed by atoms with van der Waals surface area (Å²) >= 11 is 13.4. The molecule has 3 N–H and O–H groups in total. The van der Waals surface area contributed by atoms with Crippen LogP contribution in [0.3, 0.4) is 0 Å². The van der Waals surface area contributed by atoms with Crippen LogP contribution in [0.15, 0.2) is 66.7 Å².